The monoisotopic (exact) mass is 422 g/mol. The van der Waals surface area contributed by atoms with Crippen LogP contribution in [0.15, 0.2) is 29.4 Å². The van der Waals surface area contributed by atoms with E-state index >= 15 is 0 Å². The zero-order chi connectivity index (χ0) is 16.8. The summed E-state index contributed by atoms with van der Waals surface area (Å²) in [4.78, 5) is 4.31. The largest absolute Gasteiger partial charge is 0.507 e. The second-order valence-corrected chi connectivity index (χ2v) is 5.93. The Morgan fingerprint density at radius 2 is 2.26 bits per heavy atom. The van der Waals surface area contributed by atoms with Crippen LogP contribution in [0, 0.1) is 21.8 Å². The van der Waals surface area contributed by atoms with Crippen LogP contribution in [0.25, 0.3) is 0 Å². The number of phenols is 1. The van der Waals surface area contributed by atoms with Crippen LogP contribution in [0.2, 0.25) is 0 Å². The fourth-order valence-corrected chi connectivity index (χ4v) is 2.53. The molecule has 0 unspecified atom stereocenters. The molecule has 7 heteroatoms. The number of hydrogen-bond acceptors (Lipinski definition) is 6. The second kappa shape index (κ2) is 7.89. The Morgan fingerprint density at radius 3 is 2.91 bits per heavy atom. The molecule has 0 aliphatic rings. The smallest absolute Gasteiger partial charge is 0.164 e. The van der Waals surface area contributed by atoms with Gasteiger partial charge >= 0.3 is 0 Å². The van der Waals surface area contributed by atoms with Gasteiger partial charge in [-0.05, 0) is 59.3 Å². The molecule has 2 N–H and O–H groups in total. The minimum absolute atomic E-state index is 0.229. The van der Waals surface area contributed by atoms with Crippen LogP contribution in [0.3, 0.4) is 0 Å². The SMILES string of the molecule is COCc1cc(C)nc(N/N=C/c2ccc(O)c(I)c2)c1C#N. The summed E-state index contributed by atoms with van der Waals surface area (Å²) in [5, 5.41) is 23.0. The Balaban J connectivity index is 2.24. The molecule has 1 aromatic carbocycles. The molecule has 2 aromatic rings. The lowest BCUT2D eigenvalue weighted by atomic mass is 10.1. The number of hydrazone groups is 1. The van der Waals surface area contributed by atoms with Crippen LogP contribution in [0.5, 0.6) is 5.75 Å². The van der Waals surface area contributed by atoms with Gasteiger partial charge in [0.05, 0.1) is 16.4 Å². The highest BCUT2D eigenvalue weighted by molar-refractivity contribution is 14.1. The number of nitrogens with one attached hydrogen (secondary N) is 1. The van der Waals surface area contributed by atoms with Crippen molar-refractivity contribution in [1.29, 1.82) is 5.26 Å². The number of aryl methyl sites for hydroxylation is 1. The third kappa shape index (κ3) is 4.40. The quantitative estimate of drug-likeness (QED) is 0.439. The molecule has 0 fully saturated rings. The van der Waals surface area contributed by atoms with E-state index in [2.05, 4.69) is 21.6 Å². The van der Waals surface area contributed by atoms with Crippen molar-refractivity contribution in [3.63, 3.8) is 0 Å². The molecule has 0 atom stereocenters. The number of halogens is 1. The first-order valence-electron chi connectivity index (χ1n) is 6.72. The van der Waals surface area contributed by atoms with E-state index in [-0.39, 0.29) is 5.75 Å². The summed E-state index contributed by atoms with van der Waals surface area (Å²) in [6.07, 6.45) is 1.60. The third-order valence-electron chi connectivity index (χ3n) is 3.00. The van der Waals surface area contributed by atoms with Crippen molar-refractivity contribution < 1.29 is 9.84 Å². The van der Waals surface area contributed by atoms with E-state index in [1.54, 1.807) is 31.5 Å². The Hall–Kier alpha value is -2.18. The molecule has 1 heterocycles. The van der Waals surface area contributed by atoms with Crippen molar-refractivity contribution in [3.8, 4) is 11.8 Å². The normalized spacial score (nSPS) is 10.7. The van der Waals surface area contributed by atoms with Gasteiger partial charge in [0.2, 0.25) is 0 Å². The molecule has 1 aromatic heterocycles. The first-order chi connectivity index (χ1) is 11.0. The molecule has 0 aliphatic heterocycles. The average molecular weight is 422 g/mol. The van der Waals surface area contributed by atoms with Crippen LogP contribution in [0.4, 0.5) is 5.82 Å². The Labute approximate surface area is 148 Å². The van der Waals surface area contributed by atoms with Gasteiger partial charge in [-0.3, -0.25) is 5.43 Å². The molecule has 0 bridgehead atoms. The summed E-state index contributed by atoms with van der Waals surface area (Å²) in [5.41, 5.74) is 5.57. The first-order valence-corrected chi connectivity index (χ1v) is 7.80. The Morgan fingerprint density at radius 1 is 1.48 bits per heavy atom. The average Bonchev–Trinajstić information content (AvgIpc) is 2.51. The predicted molar refractivity (Wildman–Crippen MR) is 96.4 cm³/mol. The molecule has 6 nitrogen and oxygen atoms in total. The van der Waals surface area contributed by atoms with Crippen molar-refractivity contribution in [1.82, 2.24) is 4.98 Å². The molecular weight excluding hydrogens is 407 g/mol. The van der Waals surface area contributed by atoms with Crippen molar-refractivity contribution in [2.75, 3.05) is 12.5 Å². The van der Waals surface area contributed by atoms with Gasteiger partial charge in [-0.2, -0.15) is 10.4 Å². The van der Waals surface area contributed by atoms with Crippen molar-refractivity contribution in [2.45, 2.75) is 13.5 Å². The molecule has 0 saturated heterocycles. The fraction of sp³-hybridized carbons (Fsp3) is 0.188. The number of anilines is 1. The molecule has 0 spiro atoms. The van der Waals surface area contributed by atoms with Crippen molar-refractivity contribution in [2.24, 2.45) is 5.10 Å². The van der Waals surface area contributed by atoms with Gasteiger partial charge in [-0.1, -0.05) is 0 Å². The van der Waals surface area contributed by atoms with Gasteiger partial charge in [0.25, 0.3) is 0 Å². The van der Waals surface area contributed by atoms with Crippen LogP contribution in [-0.2, 0) is 11.3 Å². The van der Waals surface area contributed by atoms with Gasteiger partial charge in [-0.15, -0.1) is 0 Å². The first kappa shape index (κ1) is 17.2. The molecule has 0 aliphatic carbocycles. The maximum Gasteiger partial charge on any atom is 0.164 e. The van der Waals surface area contributed by atoms with E-state index in [0.717, 1.165) is 20.4 Å². The molecule has 0 amide bonds. The van der Waals surface area contributed by atoms with Gasteiger partial charge in [0, 0.05) is 18.4 Å². The number of phenolic OH excluding ortho intramolecular Hbond substituents is 1. The highest BCUT2D eigenvalue weighted by Gasteiger charge is 2.10. The lowest BCUT2D eigenvalue weighted by Crippen LogP contribution is -2.03. The zero-order valence-corrected chi connectivity index (χ0v) is 14.8. The van der Waals surface area contributed by atoms with Gasteiger partial charge in [-0.25, -0.2) is 4.98 Å². The molecular formula is C16H15IN4O2. The number of benzene rings is 1. The molecule has 23 heavy (non-hydrogen) atoms. The summed E-state index contributed by atoms with van der Waals surface area (Å²) < 4.78 is 5.85. The molecule has 118 valence electrons. The number of ether oxygens (including phenoxy) is 1. The van der Waals surface area contributed by atoms with Gasteiger partial charge in [0.1, 0.15) is 17.4 Å². The van der Waals surface area contributed by atoms with Crippen LogP contribution in [-0.4, -0.2) is 23.4 Å². The maximum absolute atomic E-state index is 9.50. The summed E-state index contributed by atoms with van der Waals surface area (Å²) in [7, 11) is 1.58. The highest BCUT2D eigenvalue weighted by atomic mass is 127. The van der Waals surface area contributed by atoms with E-state index in [1.165, 1.54) is 0 Å². The van der Waals surface area contributed by atoms with Crippen LogP contribution < -0.4 is 5.43 Å². The third-order valence-corrected chi connectivity index (χ3v) is 3.86. The van der Waals surface area contributed by atoms with E-state index in [4.69, 9.17) is 4.74 Å². The Kier molecular flexibility index (Phi) is 5.90. The number of rotatable bonds is 5. The zero-order valence-electron chi connectivity index (χ0n) is 12.7. The minimum atomic E-state index is 0.229. The lowest BCUT2D eigenvalue weighted by molar-refractivity contribution is 0.184. The van der Waals surface area contributed by atoms with Crippen molar-refractivity contribution >= 4 is 34.6 Å². The van der Waals surface area contributed by atoms with E-state index in [1.807, 2.05) is 35.6 Å². The topological polar surface area (TPSA) is 90.5 Å². The van der Waals surface area contributed by atoms with Crippen LogP contribution in [0.1, 0.15) is 22.4 Å². The summed E-state index contributed by atoms with van der Waals surface area (Å²) in [5.74, 6) is 0.622. The van der Waals surface area contributed by atoms with E-state index in [9.17, 15) is 10.4 Å². The van der Waals surface area contributed by atoms with E-state index in [0.29, 0.717) is 18.0 Å². The number of nitriles is 1. The van der Waals surface area contributed by atoms with Crippen LogP contribution >= 0.6 is 22.6 Å². The highest BCUT2D eigenvalue weighted by Crippen LogP contribution is 2.20. The number of nitrogens with zero attached hydrogens (tertiary/aromatic N) is 3. The molecule has 0 radical (unpaired) electrons. The fourth-order valence-electron chi connectivity index (χ4n) is 1.99. The molecule has 2 rings (SSSR count). The lowest BCUT2D eigenvalue weighted by Gasteiger charge is -2.09. The summed E-state index contributed by atoms with van der Waals surface area (Å²) in [6.45, 7) is 2.18. The number of aromatic hydroxyl groups is 1. The minimum Gasteiger partial charge on any atom is -0.507 e. The summed E-state index contributed by atoms with van der Waals surface area (Å²) >= 11 is 2.04. The maximum atomic E-state index is 9.50. The number of aromatic nitrogens is 1. The van der Waals surface area contributed by atoms with Crippen molar-refractivity contribution in [3.05, 3.63) is 50.2 Å². The number of pyridine rings is 1. The predicted octanol–water partition coefficient (Wildman–Crippen LogP) is 3.16. The van der Waals surface area contributed by atoms with Gasteiger partial charge in [0.15, 0.2) is 5.82 Å². The van der Waals surface area contributed by atoms with E-state index < -0.39 is 0 Å². The van der Waals surface area contributed by atoms with Gasteiger partial charge < -0.3 is 9.84 Å². The number of hydrogen-bond donors (Lipinski definition) is 2. The Bertz CT molecular complexity index is 784. The number of methoxy groups -OCH3 is 1. The standard InChI is InChI=1S/C16H15IN4O2/c1-10-5-12(9-23-2)13(7-18)16(20-10)21-19-8-11-3-4-15(22)14(17)6-11/h3-6,8,22H,9H2,1-2H3,(H,20,21)/b19-8+. The summed E-state index contributed by atoms with van der Waals surface area (Å²) in [6, 6.07) is 9.09. The molecule has 0 saturated carbocycles. The second-order valence-electron chi connectivity index (χ2n) is 4.77.